The quantitative estimate of drug-likeness (QED) is 0.304. The number of aromatic amines is 1. The molecule has 2 aliphatic rings. The molecule has 0 amide bonds. The number of halogens is 2. The standard InChI is InChI=1S/C28H31F2N7O2S/c29-28(30)9-12-36(13-10-28)27-24-15-25(34-26(24)32-18-33-27)20-4-6-22(7-5-20)35-40(38,39)17-19-2-1-3-23(14-19)37-11-8-21(31)16-37/h1-7,14-15,18,21,35H,8-13,16-17,31H2,(H,32,33,34)/t21-/m0/s1. The highest BCUT2D eigenvalue weighted by Crippen LogP contribution is 2.34. The number of H-pyrrole nitrogens is 1. The van der Waals surface area contributed by atoms with Crippen LogP contribution in [0.4, 0.5) is 26.0 Å². The second-order valence-corrected chi connectivity index (χ2v) is 12.3. The van der Waals surface area contributed by atoms with Crippen LogP contribution in [0, 0.1) is 0 Å². The maximum absolute atomic E-state index is 13.6. The van der Waals surface area contributed by atoms with Gasteiger partial charge in [-0.2, -0.15) is 0 Å². The molecule has 0 aliphatic carbocycles. The highest BCUT2D eigenvalue weighted by atomic mass is 32.2. The van der Waals surface area contributed by atoms with E-state index in [0.29, 0.717) is 22.7 Å². The van der Waals surface area contributed by atoms with E-state index in [1.54, 1.807) is 12.1 Å². The average molecular weight is 568 g/mol. The number of nitrogens with two attached hydrogens (primary N) is 1. The van der Waals surface area contributed by atoms with Gasteiger partial charge in [0.25, 0.3) is 5.92 Å². The molecular formula is C28H31F2N7O2S. The Labute approximate surface area is 231 Å². The van der Waals surface area contributed by atoms with Crippen molar-refractivity contribution in [3.05, 3.63) is 66.5 Å². The number of piperidine rings is 1. The van der Waals surface area contributed by atoms with Crippen LogP contribution in [0.3, 0.4) is 0 Å². The van der Waals surface area contributed by atoms with E-state index in [4.69, 9.17) is 5.73 Å². The summed E-state index contributed by atoms with van der Waals surface area (Å²) < 4.78 is 55.8. The molecule has 6 rings (SSSR count). The summed E-state index contributed by atoms with van der Waals surface area (Å²) in [6.45, 7) is 2.09. The van der Waals surface area contributed by atoms with Crippen molar-refractivity contribution in [2.75, 3.05) is 40.7 Å². The molecule has 210 valence electrons. The Kier molecular flexibility index (Phi) is 6.83. The predicted molar refractivity (Wildman–Crippen MR) is 153 cm³/mol. The number of anilines is 3. The Morgan fingerprint density at radius 1 is 1.02 bits per heavy atom. The first-order valence-electron chi connectivity index (χ1n) is 13.3. The van der Waals surface area contributed by atoms with E-state index in [-0.39, 0.29) is 37.7 Å². The molecule has 40 heavy (non-hydrogen) atoms. The SMILES string of the molecule is N[C@H]1CCN(c2cccc(CS(=O)(=O)Nc3ccc(-c4cc5c(N6CCC(F)(F)CC6)ncnc5[nH]4)cc3)c2)C1. The fourth-order valence-electron chi connectivity index (χ4n) is 5.40. The summed E-state index contributed by atoms with van der Waals surface area (Å²) in [7, 11) is -3.64. The van der Waals surface area contributed by atoms with E-state index in [2.05, 4.69) is 24.6 Å². The highest BCUT2D eigenvalue weighted by Gasteiger charge is 2.35. The minimum Gasteiger partial charge on any atom is -0.370 e. The largest absolute Gasteiger partial charge is 0.370 e. The van der Waals surface area contributed by atoms with Crippen LogP contribution in [0.1, 0.15) is 24.8 Å². The van der Waals surface area contributed by atoms with E-state index in [1.807, 2.05) is 47.4 Å². The Balaban J connectivity index is 1.15. The Bertz CT molecular complexity index is 1620. The van der Waals surface area contributed by atoms with Gasteiger partial charge in [0.05, 0.1) is 11.1 Å². The molecule has 4 heterocycles. The third-order valence-electron chi connectivity index (χ3n) is 7.53. The topological polar surface area (TPSA) is 120 Å². The van der Waals surface area contributed by atoms with Crippen molar-refractivity contribution in [1.29, 1.82) is 0 Å². The minimum atomic E-state index is -3.64. The molecule has 4 aromatic rings. The number of rotatable bonds is 7. The number of nitrogens with one attached hydrogen (secondary N) is 2. The van der Waals surface area contributed by atoms with Gasteiger partial charge < -0.3 is 20.5 Å². The van der Waals surface area contributed by atoms with Crippen molar-refractivity contribution < 1.29 is 17.2 Å². The van der Waals surface area contributed by atoms with E-state index in [9.17, 15) is 17.2 Å². The van der Waals surface area contributed by atoms with Crippen LogP contribution in [-0.4, -0.2) is 61.5 Å². The molecule has 1 atom stereocenters. The third-order valence-corrected chi connectivity index (χ3v) is 8.79. The first-order chi connectivity index (χ1) is 19.1. The fourth-order valence-corrected chi connectivity index (χ4v) is 6.58. The van der Waals surface area contributed by atoms with Gasteiger partial charge in [0.1, 0.15) is 17.8 Å². The summed E-state index contributed by atoms with van der Waals surface area (Å²) in [5.74, 6) is -2.15. The fraction of sp³-hybridized carbons (Fsp3) is 0.357. The lowest BCUT2D eigenvalue weighted by Gasteiger charge is -2.32. The van der Waals surface area contributed by atoms with Crippen molar-refractivity contribution in [1.82, 2.24) is 15.0 Å². The summed E-state index contributed by atoms with van der Waals surface area (Å²) in [6, 6.07) is 16.6. The molecule has 0 radical (unpaired) electrons. The molecule has 0 saturated carbocycles. The second-order valence-electron chi connectivity index (χ2n) is 10.6. The van der Waals surface area contributed by atoms with Crippen molar-refractivity contribution in [3.8, 4) is 11.3 Å². The van der Waals surface area contributed by atoms with Crippen molar-refractivity contribution in [2.24, 2.45) is 5.73 Å². The summed E-state index contributed by atoms with van der Waals surface area (Å²) in [5, 5.41) is 0.755. The molecular weight excluding hydrogens is 536 g/mol. The number of sulfonamides is 1. The van der Waals surface area contributed by atoms with E-state index in [1.165, 1.54) is 6.33 Å². The van der Waals surface area contributed by atoms with Crippen molar-refractivity contribution >= 4 is 38.2 Å². The number of nitrogens with zero attached hydrogens (tertiary/aromatic N) is 4. The average Bonchev–Trinajstić information content (AvgIpc) is 3.55. The number of hydrogen-bond donors (Lipinski definition) is 3. The molecule has 2 aromatic heterocycles. The molecule has 0 bridgehead atoms. The lowest BCUT2D eigenvalue weighted by Crippen LogP contribution is -2.39. The van der Waals surface area contributed by atoms with Crippen molar-refractivity contribution in [3.63, 3.8) is 0 Å². The van der Waals surface area contributed by atoms with Crippen LogP contribution in [0.25, 0.3) is 22.3 Å². The van der Waals surface area contributed by atoms with Crippen LogP contribution >= 0.6 is 0 Å². The van der Waals surface area contributed by atoms with Gasteiger partial charge in [-0.1, -0.05) is 24.3 Å². The number of aromatic nitrogens is 3. The maximum Gasteiger partial charge on any atom is 0.251 e. The molecule has 9 nitrogen and oxygen atoms in total. The maximum atomic E-state index is 13.6. The first kappa shape index (κ1) is 26.5. The summed E-state index contributed by atoms with van der Waals surface area (Å²) in [6.07, 6.45) is 1.95. The molecule has 4 N–H and O–H groups in total. The molecule has 2 saturated heterocycles. The Morgan fingerprint density at radius 3 is 2.52 bits per heavy atom. The number of fused-ring (bicyclic) bond motifs is 1. The minimum absolute atomic E-state index is 0.141. The van der Waals surface area contributed by atoms with Crippen LogP contribution in [0.15, 0.2) is 60.9 Å². The molecule has 2 fully saturated rings. The van der Waals surface area contributed by atoms with Gasteiger partial charge in [0.15, 0.2) is 0 Å². The van der Waals surface area contributed by atoms with E-state index in [0.717, 1.165) is 41.8 Å². The van der Waals surface area contributed by atoms with Gasteiger partial charge in [0.2, 0.25) is 10.0 Å². The first-order valence-corrected chi connectivity index (χ1v) is 15.0. The lowest BCUT2D eigenvalue weighted by atomic mass is 10.1. The van der Waals surface area contributed by atoms with Gasteiger partial charge in [-0.15, -0.1) is 0 Å². The van der Waals surface area contributed by atoms with Gasteiger partial charge in [0, 0.05) is 62.1 Å². The van der Waals surface area contributed by atoms with Crippen molar-refractivity contribution in [2.45, 2.75) is 37.0 Å². The van der Waals surface area contributed by atoms with Crippen LogP contribution in [0.5, 0.6) is 0 Å². The normalized spacial score (nSPS) is 19.3. The summed E-state index contributed by atoms with van der Waals surface area (Å²) >= 11 is 0. The van der Waals surface area contributed by atoms with Gasteiger partial charge in [-0.25, -0.2) is 27.2 Å². The molecule has 2 aromatic carbocycles. The molecule has 12 heteroatoms. The lowest BCUT2D eigenvalue weighted by molar-refractivity contribution is -0.0221. The Morgan fingerprint density at radius 2 is 1.80 bits per heavy atom. The van der Waals surface area contributed by atoms with Gasteiger partial charge >= 0.3 is 0 Å². The zero-order chi connectivity index (χ0) is 27.9. The Hall–Kier alpha value is -3.77. The monoisotopic (exact) mass is 567 g/mol. The third kappa shape index (κ3) is 5.73. The zero-order valence-electron chi connectivity index (χ0n) is 21.9. The molecule has 0 unspecified atom stereocenters. The number of benzene rings is 2. The van der Waals surface area contributed by atoms with E-state index >= 15 is 0 Å². The molecule has 0 spiro atoms. The summed E-state index contributed by atoms with van der Waals surface area (Å²) in [4.78, 5) is 16.0. The highest BCUT2D eigenvalue weighted by molar-refractivity contribution is 7.91. The number of alkyl halides is 2. The second kappa shape index (κ2) is 10.3. The zero-order valence-corrected chi connectivity index (χ0v) is 22.7. The van der Waals surface area contributed by atoms with Crippen LogP contribution in [-0.2, 0) is 15.8 Å². The van der Waals surface area contributed by atoms with Gasteiger partial charge in [-0.05, 0) is 47.9 Å². The van der Waals surface area contributed by atoms with Crippen LogP contribution < -0.4 is 20.3 Å². The summed E-state index contributed by atoms with van der Waals surface area (Å²) in [5.41, 5.74) is 10.4. The van der Waals surface area contributed by atoms with Crippen LogP contribution in [0.2, 0.25) is 0 Å². The molecule has 2 aliphatic heterocycles. The predicted octanol–water partition coefficient (Wildman–Crippen LogP) is 4.34. The number of hydrogen-bond acceptors (Lipinski definition) is 7. The van der Waals surface area contributed by atoms with E-state index < -0.39 is 15.9 Å². The van der Waals surface area contributed by atoms with Gasteiger partial charge in [-0.3, -0.25) is 4.72 Å². The smallest absolute Gasteiger partial charge is 0.251 e.